The van der Waals surface area contributed by atoms with Gasteiger partial charge in [0.1, 0.15) is 6.33 Å². The molecule has 0 fully saturated rings. The van der Waals surface area contributed by atoms with Gasteiger partial charge in [0.25, 0.3) is 5.95 Å². The second-order valence-electron chi connectivity index (χ2n) is 5.36. The maximum atomic E-state index is 12.2. The van der Waals surface area contributed by atoms with Gasteiger partial charge in [0.15, 0.2) is 5.82 Å². The molecule has 0 spiro atoms. The van der Waals surface area contributed by atoms with Crippen molar-refractivity contribution in [1.82, 2.24) is 30.0 Å². The number of hydrogen-bond donors (Lipinski definition) is 2. The molecule has 2 N–H and O–H groups in total. The molecule has 3 rings (SSSR count). The van der Waals surface area contributed by atoms with E-state index in [9.17, 15) is 4.79 Å². The van der Waals surface area contributed by atoms with E-state index in [1.165, 1.54) is 11.0 Å². The first-order chi connectivity index (χ1) is 12.0. The maximum Gasteiger partial charge on any atom is 0.319 e. The fourth-order valence-corrected chi connectivity index (χ4v) is 2.38. The van der Waals surface area contributed by atoms with E-state index in [0.717, 1.165) is 5.56 Å². The second kappa shape index (κ2) is 7.27. The number of rotatable bonds is 4. The van der Waals surface area contributed by atoms with E-state index >= 15 is 0 Å². The fourth-order valence-electron chi connectivity index (χ4n) is 2.20. The molecule has 3 aromatic rings. The number of benzene rings is 1. The number of aryl methyl sites for hydroxylation is 1. The summed E-state index contributed by atoms with van der Waals surface area (Å²) in [4.78, 5) is 24.7. The minimum Gasteiger partial charge on any atom is -0.328 e. The lowest BCUT2D eigenvalue weighted by Gasteiger charge is -2.15. The number of hydrogen-bond acceptors (Lipinski definition) is 5. The molecule has 25 heavy (non-hydrogen) atoms. The van der Waals surface area contributed by atoms with Gasteiger partial charge in [0.05, 0.1) is 6.04 Å². The lowest BCUT2D eigenvalue weighted by Crippen LogP contribution is -2.32. The van der Waals surface area contributed by atoms with Gasteiger partial charge >= 0.3 is 6.03 Å². The summed E-state index contributed by atoms with van der Waals surface area (Å²) in [6.45, 7) is 3.69. The van der Waals surface area contributed by atoms with Crippen molar-refractivity contribution >= 4 is 23.3 Å². The zero-order valence-electron chi connectivity index (χ0n) is 13.6. The molecule has 0 saturated carbocycles. The predicted molar refractivity (Wildman–Crippen MR) is 93.7 cm³/mol. The lowest BCUT2D eigenvalue weighted by molar-refractivity contribution is 0.248. The number of carbonyl (C=O) groups excluding carboxylic acids is 1. The number of nitrogens with zero attached hydrogens (tertiary/aromatic N) is 5. The van der Waals surface area contributed by atoms with Crippen LogP contribution in [0.4, 0.5) is 10.5 Å². The Balaban J connectivity index is 1.70. The molecular formula is C16H16ClN7O. The van der Waals surface area contributed by atoms with Crippen molar-refractivity contribution < 1.29 is 4.79 Å². The summed E-state index contributed by atoms with van der Waals surface area (Å²) in [6.07, 6.45) is 4.61. The summed E-state index contributed by atoms with van der Waals surface area (Å²) in [5, 5.41) is 10.2. The Morgan fingerprint density at radius 1 is 1.24 bits per heavy atom. The highest BCUT2D eigenvalue weighted by molar-refractivity contribution is 6.31. The van der Waals surface area contributed by atoms with E-state index in [1.807, 2.05) is 13.0 Å². The Kier molecular flexibility index (Phi) is 4.90. The summed E-state index contributed by atoms with van der Waals surface area (Å²) in [5.74, 6) is 0.901. The van der Waals surface area contributed by atoms with Gasteiger partial charge in [0, 0.05) is 23.1 Å². The van der Waals surface area contributed by atoms with Crippen LogP contribution in [0.25, 0.3) is 5.95 Å². The number of halogens is 1. The molecule has 128 valence electrons. The third kappa shape index (κ3) is 3.92. The van der Waals surface area contributed by atoms with Gasteiger partial charge in [-0.1, -0.05) is 17.7 Å². The van der Waals surface area contributed by atoms with E-state index in [1.54, 1.807) is 37.5 Å². The van der Waals surface area contributed by atoms with E-state index in [0.29, 0.717) is 22.5 Å². The Morgan fingerprint density at radius 2 is 2.00 bits per heavy atom. The lowest BCUT2D eigenvalue weighted by atomic mass is 10.2. The average molecular weight is 358 g/mol. The highest BCUT2D eigenvalue weighted by Gasteiger charge is 2.18. The van der Waals surface area contributed by atoms with Gasteiger partial charge in [0.2, 0.25) is 0 Å². The third-order valence-electron chi connectivity index (χ3n) is 3.48. The van der Waals surface area contributed by atoms with E-state index in [4.69, 9.17) is 11.6 Å². The molecule has 2 heterocycles. The number of carbonyl (C=O) groups is 1. The molecule has 0 unspecified atom stereocenters. The Hall–Kier alpha value is -3.00. The quantitative estimate of drug-likeness (QED) is 0.748. The van der Waals surface area contributed by atoms with Crippen LogP contribution in [-0.2, 0) is 0 Å². The number of anilines is 1. The monoisotopic (exact) mass is 357 g/mol. The molecule has 9 heteroatoms. The molecule has 2 aromatic heterocycles. The standard InChI is InChI=1S/C16H16ClN7O/c1-10-4-5-12(8-13(10)17)23-16(25)22-11(2)14-20-9-21-24(14)15-18-6-3-7-19-15/h3-9,11H,1-2H3,(H2,22,23,25)/t11-/m0/s1. The molecule has 0 radical (unpaired) electrons. The first-order valence-corrected chi connectivity index (χ1v) is 7.93. The predicted octanol–water partition coefficient (Wildman–Crippen LogP) is 2.90. The van der Waals surface area contributed by atoms with E-state index in [2.05, 4.69) is 30.7 Å². The summed E-state index contributed by atoms with van der Waals surface area (Å²) in [7, 11) is 0. The van der Waals surface area contributed by atoms with Gasteiger partial charge in [-0.15, -0.1) is 0 Å². The molecule has 0 aliphatic carbocycles. The molecule has 8 nitrogen and oxygen atoms in total. The number of aromatic nitrogens is 5. The summed E-state index contributed by atoms with van der Waals surface area (Å²) in [6, 6.07) is 6.24. The molecule has 0 aliphatic heterocycles. The van der Waals surface area contributed by atoms with Crippen LogP contribution in [0.3, 0.4) is 0 Å². The van der Waals surface area contributed by atoms with Gasteiger partial charge in [-0.05, 0) is 37.6 Å². The first-order valence-electron chi connectivity index (χ1n) is 7.55. The molecule has 0 aliphatic rings. The second-order valence-corrected chi connectivity index (χ2v) is 5.77. The number of urea groups is 1. The normalized spacial score (nSPS) is 11.8. The van der Waals surface area contributed by atoms with Crippen molar-refractivity contribution in [3.05, 3.63) is 59.4 Å². The van der Waals surface area contributed by atoms with Crippen LogP contribution < -0.4 is 10.6 Å². The molecule has 0 bridgehead atoms. The van der Waals surface area contributed by atoms with Crippen LogP contribution in [-0.4, -0.2) is 30.8 Å². The summed E-state index contributed by atoms with van der Waals surface area (Å²) < 4.78 is 1.48. The minimum absolute atomic E-state index is 0.379. The zero-order chi connectivity index (χ0) is 17.8. The fraction of sp³-hybridized carbons (Fsp3) is 0.188. The van der Waals surface area contributed by atoms with Crippen LogP contribution in [0.15, 0.2) is 43.0 Å². The molecule has 2 amide bonds. The molecule has 1 aromatic carbocycles. The van der Waals surface area contributed by atoms with Crippen LogP contribution in [0, 0.1) is 6.92 Å². The zero-order valence-corrected chi connectivity index (χ0v) is 14.4. The Morgan fingerprint density at radius 3 is 2.72 bits per heavy atom. The number of nitrogens with one attached hydrogen (secondary N) is 2. The van der Waals surface area contributed by atoms with Crippen molar-refractivity contribution in [1.29, 1.82) is 0 Å². The van der Waals surface area contributed by atoms with Gasteiger partial charge in [-0.25, -0.2) is 19.7 Å². The minimum atomic E-state index is -0.410. The van der Waals surface area contributed by atoms with Crippen LogP contribution >= 0.6 is 11.6 Å². The highest BCUT2D eigenvalue weighted by Crippen LogP contribution is 2.20. The van der Waals surface area contributed by atoms with Crippen molar-refractivity contribution in [2.45, 2.75) is 19.9 Å². The average Bonchev–Trinajstić information content (AvgIpc) is 3.09. The van der Waals surface area contributed by atoms with Gasteiger partial charge < -0.3 is 10.6 Å². The topological polar surface area (TPSA) is 97.6 Å². The van der Waals surface area contributed by atoms with Crippen LogP contribution in [0.2, 0.25) is 5.02 Å². The van der Waals surface area contributed by atoms with Crippen LogP contribution in [0.1, 0.15) is 24.4 Å². The van der Waals surface area contributed by atoms with Crippen molar-refractivity contribution in [3.63, 3.8) is 0 Å². The first kappa shape index (κ1) is 16.8. The SMILES string of the molecule is Cc1ccc(NC(=O)N[C@@H](C)c2ncnn2-c2ncccn2)cc1Cl. The highest BCUT2D eigenvalue weighted by atomic mass is 35.5. The smallest absolute Gasteiger partial charge is 0.319 e. The van der Waals surface area contributed by atoms with Gasteiger partial charge in [-0.2, -0.15) is 9.78 Å². The van der Waals surface area contributed by atoms with Crippen molar-refractivity contribution in [2.24, 2.45) is 0 Å². The third-order valence-corrected chi connectivity index (χ3v) is 3.89. The summed E-state index contributed by atoms with van der Waals surface area (Å²) >= 11 is 6.07. The van der Waals surface area contributed by atoms with Crippen LogP contribution in [0.5, 0.6) is 0 Å². The molecule has 0 saturated heterocycles. The van der Waals surface area contributed by atoms with Gasteiger partial charge in [-0.3, -0.25) is 0 Å². The molecular weight excluding hydrogens is 342 g/mol. The van der Waals surface area contributed by atoms with E-state index < -0.39 is 6.04 Å². The Bertz CT molecular complexity index is 881. The maximum absolute atomic E-state index is 12.2. The number of amides is 2. The Labute approximate surface area is 149 Å². The molecule has 1 atom stereocenters. The largest absolute Gasteiger partial charge is 0.328 e. The van der Waals surface area contributed by atoms with E-state index in [-0.39, 0.29) is 6.03 Å². The van der Waals surface area contributed by atoms with Crippen molar-refractivity contribution in [2.75, 3.05) is 5.32 Å². The summed E-state index contributed by atoms with van der Waals surface area (Å²) in [5.41, 5.74) is 1.55. The van der Waals surface area contributed by atoms with Crippen molar-refractivity contribution in [3.8, 4) is 5.95 Å².